The average molecular weight is 753 g/mol. The number of ether oxygens (including phenoxy) is 3. The molecule has 0 amide bonds. The van der Waals surface area contributed by atoms with E-state index >= 15 is 0 Å². The summed E-state index contributed by atoms with van der Waals surface area (Å²) in [5.74, 6) is -0.970. The number of unbranched alkanes of at least 4 members (excludes halogenated alkanes) is 15. The molecule has 1 atom stereocenters. The monoisotopic (exact) mass is 753 g/mol. The Morgan fingerprint density at radius 3 is 1.19 bits per heavy atom. The van der Waals surface area contributed by atoms with Crippen LogP contribution in [0.1, 0.15) is 194 Å². The lowest BCUT2D eigenvalue weighted by Crippen LogP contribution is -2.30. The number of allylic oxidation sites excluding steroid dienone is 12. The Balaban J connectivity index is 4.45. The van der Waals surface area contributed by atoms with Crippen LogP contribution in [0, 0.1) is 0 Å². The molecule has 0 rings (SSSR count). The molecule has 0 bridgehead atoms. The van der Waals surface area contributed by atoms with Crippen LogP contribution in [0.25, 0.3) is 0 Å². The third-order valence-corrected chi connectivity index (χ3v) is 8.93. The molecule has 0 fully saturated rings. The van der Waals surface area contributed by atoms with Gasteiger partial charge in [-0.25, -0.2) is 0 Å². The highest BCUT2D eigenvalue weighted by Crippen LogP contribution is 2.12. The Bertz CT molecular complexity index is 1050. The zero-order valence-corrected chi connectivity index (χ0v) is 35.0. The highest BCUT2D eigenvalue weighted by Gasteiger charge is 2.19. The van der Waals surface area contributed by atoms with E-state index in [0.717, 1.165) is 109 Å². The molecule has 0 aliphatic carbocycles. The Morgan fingerprint density at radius 1 is 0.389 bits per heavy atom. The topological polar surface area (TPSA) is 78.9 Å². The summed E-state index contributed by atoms with van der Waals surface area (Å²) in [6.07, 6.45) is 51.8. The summed E-state index contributed by atoms with van der Waals surface area (Å²) >= 11 is 0. The Hall–Kier alpha value is -3.15. The van der Waals surface area contributed by atoms with Gasteiger partial charge in [0, 0.05) is 19.3 Å². The van der Waals surface area contributed by atoms with E-state index in [4.69, 9.17) is 14.2 Å². The lowest BCUT2D eigenvalue weighted by molar-refractivity contribution is -0.167. The van der Waals surface area contributed by atoms with Gasteiger partial charge in [-0.15, -0.1) is 0 Å². The van der Waals surface area contributed by atoms with Gasteiger partial charge in [0.1, 0.15) is 13.2 Å². The molecular formula is C48H80O6. The summed E-state index contributed by atoms with van der Waals surface area (Å²) in [7, 11) is 0. The molecule has 0 aromatic rings. The Morgan fingerprint density at radius 2 is 0.722 bits per heavy atom. The molecule has 1 unspecified atom stereocenters. The van der Waals surface area contributed by atoms with E-state index in [1.807, 2.05) is 0 Å². The molecular weight excluding hydrogens is 673 g/mol. The van der Waals surface area contributed by atoms with E-state index in [2.05, 4.69) is 93.7 Å². The number of carbonyl (C=O) groups excluding carboxylic acids is 3. The van der Waals surface area contributed by atoms with E-state index in [1.165, 1.54) is 38.5 Å². The quantitative estimate of drug-likeness (QED) is 0.0270. The van der Waals surface area contributed by atoms with Crippen LogP contribution in [-0.4, -0.2) is 37.2 Å². The van der Waals surface area contributed by atoms with Crippen LogP contribution in [0.4, 0.5) is 0 Å². The number of carbonyl (C=O) groups is 3. The summed E-state index contributed by atoms with van der Waals surface area (Å²) in [6.45, 7) is 6.29. The number of rotatable bonds is 38. The summed E-state index contributed by atoms with van der Waals surface area (Å²) in [5, 5.41) is 0. The maximum Gasteiger partial charge on any atom is 0.306 e. The molecule has 0 saturated heterocycles. The molecule has 0 radical (unpaired) electrons. The zero-order chi connectivity index (χ0) is 39.4. The molecule has 54 heavy (non-hydrogen) atoms. The van der Waals surface area contributed by atoms with Gasteiger partial charge in [0.2, 0.25) is 0 Å². The van der Waals surface area contributed by atoms with Crippen molar-refractivity contribution in [3.63, 3.8) is 0 Å². The molecule has 6 heteroatoms. The number of hydrogen-bond donors (Lipinski definition) is 0. The van der Waals surface area contributed by atoms with Crippen molar-refractivity contribution < 1.29 is 28.6 Å². The molecule has 0 N–H and O–H groups in total. The predicted molar refractivity (Wildman–Crippen MR) is 228 cm³/mol. The van der Waals surface area contributed by atoms with Crippen molar-refractivity contribution in [1.29, 1.82) is 0 Å². The van der Waals surface area contributed by atoms with Gasteiger partial charge >= 0.3 is 17.9 Å². The van der Waals surface area contributed by atoms with E-state index in [-0.39, 0.29) is 37.5 Å². The summed E-state index contributed by atoms with van der Waals surface area (Å²) in [4.78, 5) is 37.6. The molecule has 0 aliphatic heterocycles. The fourth-order valence-corrected chi connectivity index (χ4v) is 5.65. The van der Waals surface area contributed by atoms with Gasteiger partial charge in [0.25, 0.3) is 0 Å². The molecule has 0 heterocycles. The van der Waals surface area contributed by atoms with Crippen molar-refractivity contribution in [3.05, 3.63) is 72.9 Å². The molecule has 6 nitrogen and oxygen atoms in total. The van der Waals surface area contributed by atoms with Crippen LogP contribution in [0.5, 0.6) is 0 Å². The predicted octanol–water partition coefficient (Wildman–Crippen LogP) is 13.9. The first-order valence-corrected chi connectivity index (χ1v) is 21.9. The minimum Gasteiger partial charge on any atom is -0.462 e. The van der Waals surface area contributed by atoms with Gasteiger partial charge in [0.05, 0.1) is 0 Å². The highest BCUT2D eigenvalue weighted by molar-refractivity contribution is 5.71. The van der Waals surface area contributed by atoms with Crippen molar-refractivity contribution >= 4 is 17.9 Å². The van der Waals surface area contributed by atoms with Gasteiger partial charge in [0.15, 0.2) is 6.10 Å². The minimum atomic E-state index is -0.800. The Labute approximate surface area is 332 Å². The lowest BCUT2D eigenvalue weighted by Gasteiger charge is -2.18. The van der Waals surface area contributed by atoms with Crippen molar-refractivity contribution in [2.24, 2.45) is 0 Å². The fraction of sp³-hybridized carbons (Fsp3) is 0.688. The van der Waals surface area contributed by atoms with E-state index in [9.17, 15) is 14.4 Å². The van der Waals surface area contributed by atoms with E-state index < -0.39 is 6.10 Å². The Kier molecular flexibility index (Phi) is 40.1. The van der Waals surface area contributed by atoms with Gasteiger partial charge in [-0.05, 0) is 96.3 Å². The largest absolute Gasteiger partial charge is 0.462 e. The first-order valence-electron chi connectivity index (χ1n) is 21.9. The molecule has 0 aromatic carbocycles. The minimum absolute atomic E-state index is 0.0997. The van der Waals surface area contributed by atoms with Crippen LogP contribution < -0.4 is 0 Å². The first-order chi connectivity index (χ1) is 26.5. The smallest absolute Gasteiger partial charge is 0.306 e. The second kappa shape index (κ2) is 42.6. The van der Waals surface area contributed by atoms with Crippen molar-refractivity contribution in [3.8, 4) is 0 Å². The van der Waals surface area contributed by atoms with Crippen LogP contribution >= 0.6 is 0 Å². The van der Waals surface area contributed by atoms with Crippen LogP contribution in [0.15, 0.2) is 72.9 Å². The van der Waals surface area contributed by atoms with Crippen molar-refractivity contribution in [1.82, 2.24) is 0 Å². The standard InChI is InChI=1S/C48H80O6/c1-4-7-10-13-16-19-22-24-25-27-29-32-35-38-41-47(50)53-44-45(43-52-46(49)40-37-34-31-28-21-18-15-12-9-6-3)54-48(51)42-39-36-33-30-26-23-20-17-14-11-8-5-2/h7-8,10-11,15-20,26,30,45H,4-6,9,12-14,21-25,27-29,31-44H2,1-3H3/b10-7-,11-8-,18-15-,19-16-,20-17-,30-26-. The first kappa shape index (κ1) is 50.9. The molecule has 0 aliphatic rings. The van der Waals surface area contributed by atoms with Crippen LogP contribution in [-0.2, 0) is 28.6 Å². The second-order valence-corrected chi connectivity index (χ2v) is 14.2. The van der Waals surface area contributed by atoms with Crippen LogP contribution in [0.2, 0.25) is 0 Å². The summed E-state index contributed by atoms with van der Waals surface area (Å²) in [5.41, 5.74) is 0. The maximum atomic E-state index is 12.7. The summed E-state index contributed by atoms with van der Waals surface area (Å²) in [6, 6.07) is 0. The highest BCUT2D eigenvalue weighted by atomic mass is 16.6. The van der Waals surface area contributed by atoms with Gasteiger partial charge in [-0.1, -0.05) is 151 Å². The summed E-state index contributed by atoms with van der Waals surface area (Å²) < 4.78 is 16.6. The zero-order valence-electron chi connectivity index (χ0n) is 35.0. The maximum absolute atomic E-state index is 12.7. The third kappa shape index (κ3) is 40.0. The van der Waals surface area contributed by atoms with Gasteiger partial charge < -0.3 is 14.2 Å². The normalized spacial score (nSPS) is 12.7. The van der Waals surface area contributed by atoms with Crippen LogP contribution in [0.3, 0.4) is 0 Å². The van der Waals surface area contributed by atoms with Gasteiger partial charge in [-0.2, -0.15) is 0 Å². The number of hydrogen-bond acceptors (Lipinski definition) is 6. The molecule has 0 aromatic heterocycles. The second-order valence-electron chi connectivity index (χ2n) is 14.2. The van der Waals surface area contributed by atoms with Gasteiger partial charge in [-0.3, -0.25) is 14.4 Å². The SMILES string of the molecule is CC/C=C\C/C=C\C/C=C\CCCCC(=O)OC(COC(=O)CCCCCC/C=C\CCCC)COC(=O)CCCCCCCCC/C=C\C/C=C\CC. The van der Waals surface area contributed by atoms with E-state index in [0.29, 0.717) is 19.3 Å². The fourth-order valence-electron chi connectivity index (χ4n) is 5.65. The number of esters is 3. The molecule has 0 saturated carbocycles. The molecule has 308 valence electrons. The van der Waals surface area contributed by atoms with Crippen molar-refractivity contribution in [2.45, 2.75) is 200 Å². The average Bonchev–Trinajstić information content (AvgIpc) is 3.17. The van der Waals surface area contributed by atoms with Crippen molar-refractivity contribution in [2.75, 3.05) is 13.2 Å². The lowest BCUT2D eigenvalue weighted by atomic mass is 10.1. The third-order valence-electron chi connectivity index (χ3n) is 8.93. The van der Waals surface area contributed by atoms with E-state index in [1.54, 1.807) is 0 Å². The molecule has 0 spiro atoms.